The van der Waals surface area contributed by atoms with Crippen LogP contribution >= 0.6 is 0 Å². The van der Waals surface area contributed by atoms with Gasteiger partial charge in [-0.25, -0.2) is 13.6 Å². The van der Waals surface area contributed by atoms with Gasteiger partial charge in [0.1, 0.15) is 11.6 Å². The standard InChI is InChI=1S/C15H15F2NO4/c16-8-1-2-9(12(17)5-8)10-6-11(10)14(19)18-3-4-22-13(7-18)15(20)21/h1-2,5,10-11,13H,3-4,6-7H2,(H,20,21)/t10-,11-,13+/m1/s1. The minimum Gasteiger partial charge on any atom is -0.479 e. The maximum atomic E-state index is 13.7. The number of ether oxygens (including phenoxy) is 1. The van der Waals surface area contributed by atoms with Crippen molar-refractivity contribution < 1.29 is 28.2 Å². The van der Waals surface area contributed by atoms with Gasteiger partial charge in [-0.15, -0.1) is 0 Å². The fourth-order valence-corrected chi connectivity index (χ4v) is 2.85. The molecule has 22 heavy (non-hydrogen) atoms. The molecule has 1 saturated heterocycles. The number of hydrogen-bond donors (Lipinski definition) is 1. The van der Waals surface area contributed by atoms with Crippen molar-refractivity contribution in [2.75, 3.05) is 19.7 Å². The summed E-state index contributed by atoms with van der Waals surface area (Å²) in [5, 5.41) is 8.94. The topological polar surface area (TPSA) is 66.8 Å². The number of aliphatic carboxylic acids is 1. The van der Waals surface area contributed by atoms with E-state index in [1.165, 1.54) is 17.0 Å². The van der Waals surface area contributed by atoms with Crippen LogP contribution in [0.5, 0.6) is 0 Å². The van der Waals surface area contributed by atoms with Gasteiger partial charge in [-0.1, -0.05) is 6.07 Å². The lowest BCUT2D eigenvalue weighted by Gasteiger charge is -2.31. The summed E-state index contributed by atoms with van der Waals surface area (Å²) in [6.07, 6.45) is -0.520. The minimum atomic E-state index is -1.10. The lowest BCUT2D eigenvalue weighted by atomic mass is 10.1. The van der Waals surface area contributed by atoms with E-state index >= 15 is 0 Å². The summed E-state index contributed by atoms with van der Waals surface area (Å²) in [4.78, 5) is 24.7. The molecule has 1 aromatic carbocycles. The molecule has 2 fully saturated rings. The van der Waals surface area contributed by atoms with Crippen molar-refractivity contribution in [3.05, 3.63) is 35.4 Å². The van der Waals surface area contributed by atoms with Gasteiger partial charge >= 0.3 is 5.97 Å². The van der Waals surface area contributed by atoms with Crippen LogP contribution in [0.25, 0.3) is 0 Å². The van der Waals surface area contributed by atoms with E-state index in [4.69, 9.17) is 9.84 Å². The van der Waals surface area contributed by atoms with Gasteiger partial charge in [0.15, 0.2) is 6.10 Å². The van der Waals surface area contributed by atoms with E-state index in [1.807, 2.05) is 0 Å². The number of carboxylic acid groups (broad SMARTS) is 1. The van der Waals surface area contributed by atoms with Gasteiger partial charge in [0.25, 0.3) is 0 Å². The summed E-state index contributed by atoms with van der Waals surface area (Å²) in [6, 6.07) is 3.35. The molecular weight excluding hydrogens is 296 g/mol. The third-order valence-electron chi connectivity index (χ3n) is 4.12. The Hall–Kier alpha value is -2.02. The highest BCUT2D eigenvalue weighted by molar-refractivity contribution is 5.84. The Balaban J connectivity index is 1.66. The molecule has 2 aliphatic rings. The third kappa shape index (κ3) is 2.81. The second-order valence-electron chi connectivity index (χ2n) is 5.60. The quantitative estimate of drug-likeness (QED) is 0.916. The second kappa shape index (κ2) is 5.64. The van der Waals surface area contributed by atoms with E-state index in [2.05, 4.69) is 0 Å². The molecule has 1 N–H and O–H groups in total. The molecule has 118 valence electrons. The smallest absolute Gasteiger partial charge is 0.334 e. The average Bonchev–Trinajstić information content (AvgIpc) is 3.27. The number of amides is 1. The molecule has 0 aromatic heterocycles. The molecule has 0 unspecified atom stereocenters. The first-order valence-electron chi connectivity index (χ1n) is 7.05. The predicted octanol–water partition coefficient (Wildman–Crippen LogP) is 1.38. The van der Waals surface area contributed by atoms with E-state index in [-0.39, 0.29) is 30.9 Å². The number of rotatable bonds is 3. The normalized spacial score (nSPS) is 27.5. The van der Waals surface area contributed by atoms with Crippen LogP contribution < -0.4 is 0 Å². The monoisotopic (exact) mass is 311 g/mol. The summed E-state index contributed by atoms with van der Waals surface area (Å²) in [5.74, 6) is -3.22. The van der Waals surface area contributed by atoms with Gasteiger partial charge < -0.3 is 14.7 Å². The second-order valence-corrected chi connectivity index (χ2v) is 5.60. The Morgan fingerprint density at radius 2 is 2.09 bits per heavy atom. The molecule has 3 rings (SSSR count). The number of hydrogen-bond acceptors (Lipinski definition) is 3. The molecule has 0 bridgehead atoms. The van der Waals surface area contributed by atoms with Crippen molar-refractivity contribution in [2.24, 2.45) is 5.92 Å². The maximum Gasteiger partial charge on any atom is 0.334 e. The van der Waals surface area contributed by atoms with E-state index in [0.717, 1.165) is 6.07 Å². The Kier molecular flexibility index (Phi) is 3.82. The van der Waals surface area contributed by atoms with Crippen LogP contribution in [0.1, 0.15) is 17.9 Å². The Bertz CT molecular complexity index is 622. The van der Waals surface area contributed by atoms with Crippen molar-refractivity contribution >= 4 is 11.9 Å². The van der Waals surface area contributed by atoms with Crippen LogP contribution in [0.4, 0.5) is 8.78 Å². The Labute approximate surface area is 125 Å². The molecule has 7 heteroatoms. The first-order valence-corrected chi connectivity index (χ1v) is 7.05. The van der Waals surface area contributed by atoms with Crippen molar-refractivity contribution in [1.82, 2.24) is 4.90 Å². The molecule has 0 spiro atoms. The molecule has 3 atom stereocenters. The molecule has 5 nitrogen and oxygen atoms in total. The molecule has 1 aromatic rings. The molecular formula is C15H15F2NO4. The van der Waals surface area contributed by atoms with Gasteiger partial charge in [0.2, 0.25) is 5.91 Å². The predicted molar refractivity (Wildman–Crippen MR) is 71.2 cm³/mol. The SMILES string of the molecule is O=C(O)[C@@H]1CN(C(=O)[C@@H]2C[C@@H]2c2ccc(F)cc2F)CCO1. The zero-order valence-electron chi connectivity index (χ0n) is 11.7. The highest BCUT2D eigenvalue weighted by atomic mass is 19.1. The number of benzene rings is 1. The summed E-state index contributed by atoms with van der Waals surface area (Å²) < 4.78 is 31.7. The highest BCUT2D eigenvalue weighted by Gasteiger charge is 2.47. The zero-order chi connectivity index (χ0) is 15.9. The molecule has 1 amide bonds. The number of carbonyl (C=O) groups excluding carboxylic acids is 1. The fourth-order valence-electron chi connectivity index (χ4n) is 2.85. The summed E-state index contributed by atoms with van der Waals surface area (Å²) in [6.45, 7) is 0.506. The Morgan fingerprint density at radius 1 is 1.32 bits per heavy atom. The van der Waals surface area contributed by atoms with Gasteiger partial charge in [-0.05, 0) is 24.0 Å². The number of halogens is 2. The number of morpholine rings is 1. The molecule has 1 saturated carbocycles. The van der Waals surface area contributed by atoms with Crippen molar-refractivity contribution in [2.45, 2.75) is 18.4 Å². The Morgan fingerprint density at radius 3 is 2.77 bits per heavy atom. The molecule has 1 heterocycles. The van der Waals surface area contributed by atoms with Gasteiger partial charge in [-0.2, -0.15) is 0 Å². The van der Waals surface area contributed by atoms with E-state index in [0.29, 0.717) is 18.5 Å². The first-order chi connectivity index (χ1) is 10.5. The van der Waals surface area contributed by atoms with Crippen LogP contribution in [0.2, 0.25) is 0 Å². The fraction of sp³-hybridized carbons (Fsp3) is 0.467. The van der Waals surface area contributed by atoms with E-state index in [9.17, 15) is 18.4 Å². The zero-order valence-corrected chi connectivity index (χ0v) is 11.7. The van der Waals surface area contributed by atoms with Crippen molar-refractivity contribution in [3.8, 4) is 0 Å². The van der Waals surface area contributed by atoms with Crippen LogP contribution in [0, 0.1) is 17.6 Å². The largest absolute Gasteiger partial charge is 0.479 e. The van der Waals surface area contributed by atoms with Gasteiger partial charge in [0, 0.05) is 18.5 Å². The summed E-state index contributed by atoms with van der Waals surface area (Å²) in [5.41, 5.74) is 0.336. The van der Waals surface area contributed by atoms with Crippen LogP contribution in [-0.4, -0.2) is 47.7 Å². The van der Waals surface area contributed by atoms with E-state index < -0.39 is 23.7 Å². The van der Waals surface area contributed by atoms with Crippen LogP contribution in [0.15, 0.2) is 18.2 Å². The maximum absolute atomic E-state index is 13.7. The average molecular weight is 311 g/mol. The molecule has 1 aliphatic heterocycles. The number of nitrogens with zero attached hydrogens (tertiary/aromatic N) is 1. The number of carbonyl (C=O) groups is 2. The molecule has 1 aliphatic carbocycles. The van der Waals surface area contributed by atoms with Crippen molar-refractivity contribution in [1.29, 1.82) is 0 Å². The first kappa shape index (κ1) is 14.9. The number of carboxylic acids is 1. The van der Waals surface area contributed by atoms with Crippen LogP contribution in [0.3, 0.4) is 0 Å². The third-order valence-corrected chi connectivity index (χ3v) is 4.12. The minimum absolute atomic E-state index is 0.00326. The summed E-state index contributed by atoms with van der Waals surface area (Å²) >= 11 is 0. The lowest BCUT2D eigenvalue weighted by Crippen LogP contribution is -2.49. The highest BCUT2D eigenvalue weighted by Crippen LogP contribution is 2.49. The lowest BCUT2D eigenvalue weighted by molar-refractivity contribution is -0.159. The van der Waals surface area contributed by atoms with Crippen molar-refractivity contribution in [3.63, 3.8) is 0 Å². The summed E-state index contributed by atoms with van der Waals surface area (Å²) in [7, 11) is 0. The van der Waals surface area contributed by atoms with Crippen LogP contribution in [-0.2, 0) is 14.3 Å². The molecule has 0 radical (unpaired) electrons. The van der Waals surface area contributed by atoms with Gasteiger partial charge in [0.05, 0.1) is 13.2 Å². The van der Waals surface area contributed by atoms with Gasteiger partial charge in [-0.3, -0.25) is 4.79 Å². The van der Waals surface area contributed by atoms with E-state index in [1.54, 1.807) is 0 Å².